The molecule has 0 atom stereocenters. The van der Waals surface area contributed by atoms with E-state index in [0.29, 0.717) is 26.3 Å². The van der Waals surface area contributed by atoms with E-state index in [4.69, 9.17) is 9.47 Å². The van der Waals surface area contributed by atoms with Gasteiger partial charge >= 0.3 is 0 Å². The van der Waals surface area contributed by atoms with Gasteiger partial charge in [-0.25, -0.2) is 0 Å². The summed E-state index contributed by atoms with van der Waals surface area (Å²) >= 11 is 0. The number of benzene rings is 1. The number of anilines is 1. The SMILES string of the molecule is CNc1ccccc1C(=O)N1CCC2(CC1)OCCO2. The highest BCUT2D eigenvalue weighted by atomic mass is 16.7. The summed E-state index contributed by atoms with van der Waals surface area (Å²) in [6.07, 6.45) is 1.50. The number of para-hydroxylation sites is 1. The fourth-order valence-electron chi connectivity index (χ4n) is 2.89. The van der Waals surface area contributed by atoms with Gasteiger partial charge in [0.15, 0.2) is 5.79 Å². The van der Waals surface area contributed by atoms with Crippen molar-refractivity contribution in [3.63, 3.8) is 0 Å². The van der Waals surface area contributed by atoms with Crippen molar-refractivity contribution in [2.45, 2.75) is 18.6 Å². The molecule has 0 bridgehead atoms. The Morgan fingerprint density at radius 1 is 1.20 bits per heavy atom. The first-order valence-electron chi connectivity index (χ1n) is 7.08. The van der Waals surface area contributed by atoms with Crippen LogP contribution in [0.4, 0.5) is 5.69 Å². The van der Waals surface area contributed by atoms with Gasteiger partial charge in [0.1, 0.15) is 0 Å². The van der Waals surface area contributed by atoms with Gasteiger partial charge in [0.25, 0.3) is 5.91 Å². The molecule has 1 spiro atoms. The van der Waals surface area contributed by atoms with Crippen molar-refractivity contribution in [3.8, 4) is 0 Å². The van der Waals surface area contributed by atoms with Gasteiger partial charge in [0, 0.05) is 38.7 Å². The Bertz CT molecular complexity index is 488. The van der Waals surface area contributed by atoms with E-state index in [1.54, 1.807) is 0 Å². The standard InChI is InChI=1S/C15H20N2O3/c1-16-13-5-3-2-4-12(13)14(18)17-8-6-15(7-9-17)19-10-11-20-15/h2-5,16H,6-11H2,1H3. The summed E-state index contributed by atoms with van der Waals surface area (Å²) in [6.45, 7) is 2.68. The molecule has 2 aliphatic heterocycles. The number of hydrogen-bond acceptors (Lipinski definition) is 4. The number of rotatable bonds is 2. The third-order valence-electron chi connectivity index (χ3n) is 4.05. The molecule has 1 amide bonds. The van der Waals surface area contributed by atoms with Crippen LogP contribution in [-0.2, 0) is 9.47 Å². The van der Waals surface area contributed by atoms with Crippen molar-refractivity contribution >= 4 is 11.6 Å². The van der Waals surface area contributed by atoms with Crippen LogP contribution in [-0.4, -0.2) is 49.9 Å². The smallest absolute Gasteiger partial charge is 0.255 e. The predicted octanol–water partition coefficient (Wildman–Crippen LogP) is 1.71. The molecule has 1 aromatic rings. The van der Waals surface area contributed by atoms with E-state index in [-0.39, 0.29) is 5.91 Å². The van der Waals surface area contributed by atoms with Gasteiger partial charge in [-0.05, 0) is 12.1 Å². The van der Waals surface area contributed by atoms with Crippen LogP contribution in [0, 0.1) is 0 Å². The zero-order valence-electron chi connectivity index (χ0n) is 11.7. The van der Waals surface area contributed by atoms with Gasteiger partial charge in [0.05, 0.1) is 18.8 Å². The Balaban J connectivity index is 1.70. The van der Waals surface area contributed by atoms with E-state index in [9.17, 15) is 4.79 Å². The number of nitrogens with zero attached hydrogens (tertiary/aromatic N) is 1. The lowest BCUT2D eigenvalue weighted by Gasteiger charge is -2.37. The molecule has 1 aromatic carbocycles. The zero-order chi connectivity index (χ0) is 14.0. The normalized spacial score (nSPS) is 21.1. The molecule has 0 aromatic heterocycles. The molecule has 2 heterocycles. The summed E-state index contributed by atoms with van der Waals surface area (Å²) in [4.78, 5) is 14.5. The first kappa shape index (κ1) is 13.4. The third kappa shape index (κ3) is 2.39. The van der Waals surface area contributed by atoms with Gasteiger partial charge in [0.2, 0.25) is 0 Å². The molecule has 2 fully saturated rings. The van der Waals surface area contributed by atoms with Crippen LogP contribution in [0.2, 0.25) is 0 Å². The maximum Gasteiger partial charge on any atom is 0.255 e. The summed E-state index contributed by atoms with van der Waals surface area (Å²) < 4.78 is 11.4. The second-order valence-corrected chi connectivity index (χ2v) is 5.20. The fraction of sp³-hybridized carbons (Fsp3) is 0.533. The van der Waals surface area contributed by atoms with Gasteiger partial charge < -0.3 is 19.7 Å². The first-order chi connectivity index (χ1) is 9.74. The molecule has 0 unspecified atom stereocenters. The van der Waals surface area contributed by atoms with E-state index in [0.717, 1.165) is 24.1 Å². The fourth-order valence-corrected chi connectivity index (χ4v) is 2.89. The van der Waals surface area contributed by atoms with Crippen LogP contribution < -0.4 is 5.32 Å². The van der Waals surface area contributed by atoms with Crippen LogP contribution in [0.5, 0.6) is 0 Å². The van der Waals surface area contributed by atoms with E-state index in [1.165, 1.54) is 0 Å². The average Bonchev–Trinajstić information content (AvgIpc) is 2.95. The summed E-state index contributed by atoms with van der Waals surface area (Å²) in [7, 11) is 1.83. The molecule has 108 valence electrons. The summed E-state index contributed by atoms with van der Waals surface area (Å²) in [5, 5.41) is 3.07. The number of hydrogen-bond donors (Lipinski definition) is 1. The number of piperidine rings is 1. The maximum atomic E-state index is 12.6. The average molecular weight is 276 g/mol. The van der Waals surface area contributed by atoms with E-state index in [1.807, 2.05) is 36.2 Å². The molecule has 5 nitrogen and oxygen atoms in total. The number of nitrogens with one attached hydrogen (secondary N) is 1. The summed E-state index contributed by atoms with van der Waals surface area (Å²) in [6, 6.07) is 7.60. The number of likely N-dealkylation sites (tertiary alicyclic amines) is 1. The lowest BCUT2D eigenvalue weighted by Crippen LogP contribution is -2.47. The number of carbonyl (C=O) groups excluding carboxylic acids is 1. The van der Waals surface area contributed by atoms with Crippen molar-refractivity contribution in [3.05, 3.63) is 29.8 Å². The Morgan fingerprint density at radius 2 is 1.85 bits per heavy atom. The quantitative estimate of drug-likeness (QED) is 0.893. The lowest BCUT2D eigenvalue weighted by atomic mass is 10.0. The lowest BCUT2D eigenvalue weighted by molar-refractivity contribution is -0.181. The molecular formula is C15H20N2O3. The van der Waals surface area contributed by atoms with Crippen LogP contribution >= 0.6 is 0 Å². The Morgan fingerprint density at radius 3 is 2.50 bits per heavy atom. The molecule has 2 saturated heterocycles. The second-order valence-electron chi connectivity index (χ2n) is 5.20. The van der Waals surface area contributed by atoms with E-state index >= 15 is 0 Å². The Kier molecular flexibility index (Phi) is 3.63. The van der Waals surface area contributed by atoms with Gasteiger partial charge in [-0.15, -0.1) is 0 Å². The molecule has 3 rings (SSSR count). The largest absolute Gasteiger partial charge is 0.387 e. The van der Waals surface area contributed by atoms with Crippen molar-refractivity contribution in [1.29, 1.82) is 0 Å². The monoisotopic (exact) mass is 276 g/mol. The molecule has 5 heteroatoms. The first-order valence-corrected chi connectivity index (χ1v) is 7.08. The van der Waals surface area contributed by atoms with Crippen molar-refractivity contribution in [2.75, 3.05) is 38.7 Å². The molecule has 0 saturated carbocycles. The maximum absolute atomic E-state index is 12.6. The summed E-state index contributed by atoms with van der Waals surface area (Å²) in [5.41, 5.74) is 1.59. The Hall–Kier alpha value is -1.59. The van der Waals surface area contributed by atoms with Crippen molar-refractivity contribution < 1.29 is 14.3 Å². The highest BCUT2D eigenvalue weighted by Gasteiger charge is 2.40. The van der Waals surface area contributed by atoms with Crippen LogP contribution in [0.25, 0.3) is 0 Å². The zero-order valence-corrected chi connectivity index (χ0v) is 11.7. The minimum absolute atomic E-state index is 0.0720. The van der Waals surface area contributed by atoms with Crippen molar-refractivity contribution in [2.24, 2.45) is 0 Å². The van der Waals surface area contributed by atoms with Crippen LogP contribution in [0.15, 0.2) is 24.3 Å². The van der Waals surface area contributed by atoms with Gasteiger partial charge in [-0.2, -0.15) is 0 Å². The number of amides is 1. The van der Waals surface area contributed by atoms with Crippen LogP contribution in [0.1, 0.15) is 23.2 Å². The molecule has 0 radical (unpaired) electrons. The minimum atomic E-state index is -0.431. The number of carbonyl (C=O) groups is 1. The second kappa shape index (κ2) is 5.42. The summed E-state index contributed by atoms with van der Waals surface area (Å²) in [5.74, 6) is -0.359. The number of ether oxygens (including phenoxy) is 2. The van der Waals surface area contributed by atoms with E-state index in [2.05, 4.69) is 5.32 Å². The van der Waals surface area contributed by atoms with Gasteiger partial charge in [-0.3, -0.25) is 4.79 Å². The minimum Gasteiger partial charge on any atom is -0.387 e. The molecule has 20 heavy (non-hydrogen) atoms. The molecular weight excluding hydrogens is 256 g/mol. The molecule has 0 aliphatic carbocycles. The van der Waals surface area contributed by atoms with Crippen molar-refractivity contribution in [1.82, 2.24) is 4.90 Å². The highest BCUT2D eigenvalue weighted by molar-refractivity contribution is 5.99. The topological polar surface area (TPSA) is 50.8 Å². The Labute approximate surface area is 118 Å². The van der Waals surface area contributed by atoms with Crippen LogP contribution in [0.3, 0.4) is 0 Å². The van der Waals surface area contributed by atoms with E-state index < -0.39 is 5.79 Å². The molecule has 1 N–H and O–H groups in total. The third-order valence-corrected chi connectivity index (χ3v) is 4.05. The highest BCUT2D eigenvalue weighted by Crippen LogP contribution is 2.32. The predicted molar refractivity (Wildman–Crippen MR) is 75.8 cm³/mol. The van der Waals surface area contributed by atoms with Gasteiger partial charge in [-0.1, -0.05) is 12.1 Å². The molecule has 2 aliphatic rings.